The van der Waals surface area contributed by atoms with Crippen molar-refractivity contribution in [3.8, 4) is 45.7 Å². The Balaban J connectivity index is 1.19. The van der Waals surface area contributed by atoms with Gasteiger partial charge in [0, 0.05) is 52.8 Å². The first kappa shape index (κ1) is 31.0. The van der Waals surface area contributed by atoms with Gasteiger partial charge < -0.3 is 8.98 Å². The third-order valence-corrected chi connectivity index (χ3v) is 11.6. The van der Waals surface area contributed by atoms with Crippen LogP contribution in [0.15, 0.2) is 156 Å². The molecule has 254 valence electrons. The molecule has 55 heavy (non-hydrogen) atoms. The lowest BCUT2D eigenvalue weighted by Gasteiger charge is -2.15. The van der Waals surface area contributed by atoms with E-state index in [-0.39, 0.29) is 0 Å². The Kier molecular flexibility index (Phi) is 6.75. The standard InChI is InChI=1S/C48H25N5OS/c1-50-36-26-29(22-24-38(36)53-37-18-8-5-14-30(37)31-23-25-42-44(47(31)53)33-16-7-10-21-41(33)55-42)46-35(27-49)45(28-12-3-2-4-13-28)51-48(52-46)34-17-11-20-40-43(34)32-15-6-9-19-39(32)54-40/h2-26H. The van der Waals surface area contributed by atoms with Gasteiger partial charge in [0.15, 0.2) is 5.82 Å². The van der Waals surface area contributed by atoms with Crippen LogP contribution in [0.5, 0.6) is 0 Å². The SMILES string of the molecule is [C-]#[N+]c1cc(-c2nc(-c3cccc4oc5ccccc5c34)nc(-c3ccccc3)c2C#N)ccc1-n1c2ccccc2c2ccc3sc4ccccc4c3c21. The number of thiophene rings is 1. The number of furan rings is 1. The van der Waals surface area contributed by atoms with Crippen LogP contribution in [0, 0.1) is 17.9 Å². The fraction of sp³-hybridized carbons (Fsp3) is 0. The summed E-state index contributed by atoms with van der Waals surface area (Å²) in [6.07, 6.45) is 0. The van der Waals surface area contributed by atoms with E-state index in [2.05, 4.69) is 70.1 Å². The highest BCUT2D eigenvalue weighted by Gasteiger charge is 2.24. The molecule has 0 unspecified atom stereocenters. The van der Waals surface area contributed by atoms with E-state index in [0.29, 0.717) is 34.0 Å². The number of hydrogen-bond donors (Lipinski definition) is 0. The quantitative estimate of drug-likeness (QED) is 0.170. The Hall–Kier alpha value is -7.58. The van der Waals surface area contributed by atoms with Crippen LogP contribution in [-0.4, -0.2) is 14.5 Å². The van der Waals surface area contributed by atoms with Gasteiger partial charge in [0.1, 0.15) is 22.8 Å². The van der Waals surface area contributed by atoms with Crippen molar-refractivity contribution in [2.75, 3.05) is 0 Å². The normalized spacial score (nSPS) is 11.6. The maximum Gasteiger partial charge on any atom is 0.211 e. The summed E-state index contributed by atoms with van der Waals surface area (Å²) >= 11 is 1.78. The van der Waals surface area contributed by atoms with Gasteiger partial charge in [0.05, 0.1) is 34.7 Å². The van der Waals surface area contributed by atoms with Crippen LogP contribution in [0.3, 0.4) is 0 Å². The Labute approximate surface area is 318 Å². The maximum atomic E-state index is 10.8. The van der Waals surface area contributed by atoms with Gasteiger partial charge in [-0.2, -0.15) is 5.26 Å². The van der Waals surface area contributed by atoms with Crippen LogP contribution < -0.4 is 0 Å². The number of hydrogen-bond acceptors (Lipinski definition) is 5. The minimum absolute atomic E-state index is 0.339. The molecule has 0 radical (unpaired) electrons. The lowest BCUT2D eigenvalue weighted by atomic mass is 9.98. The van der Waals surface area contributed by atoms with Crippen LogP contribution in [0.2, 0.25) is 0 Å². The van der Waals surface area contributed by atoms with E-state index >= 15 is 0 Å². The summed E-state index contributed by atoms with van der Waals surface area (Å²) in [6.45, 7) is 8.53. The Morgan fingerprint density at radius 2 is 1.35 bits per heavy atom. The van der Waals surface area contributed by atoms with Crippen molar-refractivity contribution in [3.63, 3.8) is 0 Å². The summed E-state index contributed by atoms with van der Waals surface area (Å²) in [5, 5.41) is 17.3. The fourth-order valence-corrected chi connectivity index (χ4v) is 9.23. The molecule has 0 N–H and O–H groups in total. The molecule has 0 amide bonds. The molecule has 0 atom stereocenters. The molecular weight excluding hydrogens is 695 g/mol. The average Bonchev–Trinajstić information content (AvgIpc) is 3.93. The largest absolute Gasteiger partial charge is 0.456 e. The van der Waals surface area contributed by atoms with Crippen molar-refractivity contribution in [2.24, 2.45) is 0 Å². The van der Waals surface area contributed by atoms with Crippen LogP contribution >= 0.6 is 11.3 Å². The van der Waals surface area contributed by atoms with E-state index in [1.165, 1.54) is 20.2 Å². The van der Waals surface area contributed by atoms with E-state index < -0.39 is 0 Å². The minimum atomic E-state index is 0.339. The predicted octanol–water partition coefficient (Wildman–Crippen LogP) is 13.3. The number of fused-ring (bicyclic) bond motifs is 10. The van der Waals surface area contributed by atoms with Crippen molar-refractivity contribution in [2.45, 2.75) is 0 Å². The first-order chi connectivity index (χ1) is 27.2. The highest BCUT2D eigenvalue weighted by Crippen LogP contribution is 2.45. The molecule has 0 saturated heterocycles. The second-order valence-electron chi connectivity index (χ2n) is 13.5. The second-order valence-corrected chi connectivity index (χ2v) is 14.6. The van der Waals surface area contributed by atoms with Crippen molar-refractivity contribution in [3.05, 3.63) is 169 Å². The molecule has 0 aliphatic heterocycles. The first-order valence-corrected chi connectivity index (χ1v) is 18.7. The van der Waals surface area contributed by atoms with E-state index in [4.69, 9.17) is 21.0 Å². The smallest absolute Gasteiger partial charge is 0.211 e. The van der Waals surface area contributed by atoms with Gasteiger partial charge >= 0.3 is 0 Å². The monoisotopic (exact) mass is 719 g/mol. The highest BCUT2D eigenvalue weighted by atomic mass is 32.1. The summed E-state index contributed by atoms with van der Waals surface area (Å²) in [6, 6.07) is 53.1. The van der Waals surface area contributed by atoms with Crippen molar-refractivity contribution < 1.29 is 4.42 Å². The number of nitriles is 1. The van der Waals surface area contributed by atoms with Gasteiger partial charge in [0.25, 0.3) is 0 Å². The molecule has 0 aliphatic carbocycles. The third kappa shape index (κ3) is 4.58. The molecule has 0 spiro atoms. The lowest BCUT2D eigenvalue weighted by Crippen LogP contribution is -2.02. The summed E-state index contributed by atoms with van der Waals surface area (Å²) < 4.78 is 10.9. The van der Waals surface area contributed by atoms with Crippen LogP contribution in [-0.2, 0) is 0 Å². The van der Waals surface area contributed by atoms with Gasteiger partial charge in [0.2, 0.25) is 5.69 Å². The maximum absolute atomic E-state index is 10.8. The molecule has 6 nitrogen and oxygen atoms in total. The Morgan fingerprint density at radius 1 is 0.618 bits per heavy atom. The number of benzene rings is 7. The first-order valence-electron chi connectivity index (χ1n) is 17.8. The predicted molar refractivity (Wildman–Crippen MR) is 224 cm³/mol. The van der Waals surface area contributed by atoms with Crippen molar-refractivity contribution >= 4 is 80.9 Å². The molecule has 0 bridgehead atoms. The van der Waals surface area contributed by atoms with E-state index in [1.807, 2.05) is 97.1 Å². The second kappa shape index (κ2) is 12.0. The van der Waals surface area contributed by atoms with Crippen molar-refractivity contribution in [1.29, 1.82) is 5.26 Å². The molecule has 4 heterocycles. The zero-order chi connectivity index (χ0) is 36.6. The van der Waals surface area contributed by atoms with Gasteiger partial charge in [-0.05, 0) is 48.0 Å². The van der Waals surface area contributed by atoms with E-state index in [1.54, 1.807) is 11.3 Å². The molecular formula is C48H25N5OS. The summed E-state index contributed by atoms with van der Waals surface area (Å²) in [7, 11) is 0. The molecule has 7 aromatic carbocycles. The zero-order valence-corrected chi connectivity index (χ0v) is 29.8. The van der Waals surface area contributed by atoms with Crippen LogP contribution in [0.1, 0.15) is 5.56 Å². The van der Waals surface area contributed by atoms with Crippen LogP contribution in [0.25, 0.3) is 108 Å². The topological polar surface area (TPSA) is 72.0 Å². The number of rotatable bonds is 4. The Morgan fingerprint density at radius 3 is 2.18 bits per heavy atom. The molecule has 11 aromatic rings. The molecule has 0 aliphatic rings. The molecule has 0 fully saturated rings. The number of aromatic nitrogens is 3. The summed E-state index contributed by atoms with van der Waals surface area (Å²) in [4.78, 5) is 14.4. The van der Waals surface area contributed by atoms with E-state index in [9.17, 15) is 5.26 Å². The van der Waals surface area contributed by atoms with Crippen LogP contribution in [0.4, 0.5) is 5.69 Å². The van der Waals surface area contributed by atoms with Gasteiger partial charge in [-0.3, -0.25) is 0 Å². The zero-order valence-electron chi connectivity index (χ0n) is 29.0. The fourth-order valence-electron chi connectivity index (χ4n) is 8.13. The number of nitrogens with zero attached hydrogens (tertiary/aromatic N) is 5. The molecule has 4 aromatic heterocycles. The third-order valence-electron chi connectivity index (χ3n) is 10.5. The number of para-hydroxylation sites is 2. The summed E-state index contributed by atoms with van der Waals surface area (Å²) in [5.74, 6) is 0.465. The van der Waals surface area contributed by atoms with Gasteiger partial charge in [-0.1, -0.05) is 109 Å². The molecule has 7 heteroatoms. The lowest BCUT2D eigenvalue weighted by molar-refractivity contribution is 0.669. The molecule has 11 rings (SSSR count). The minimum Gasteiger partial charge on any atom is -0.456 e. The molecule has 0 saturated carbocycles. The summed E-state index contributed by atoms with van der Waals surface area (Å²) in [5.41, 5.74) is 8.38. The Bertz CT molecular complexity index is 3470. The van der Waals surface area contributed by atoms with Gasteiger partial charge in [-0.25, -0.2) is 14.8 Å². The average molecular weight is 720 g/mol. The van der Waals surface area contributed by atoms with Crippen molar-refractivity contribution in [1.82, 2.24) is 14.5 Å². The van der Waals surface area contributed by atoms with E-state index in [0.717, 1.165) is 60.6 Å². The van der Waals surface area contributed by atoms with Gasteiger partial charge in [-0.15, -0.1) is 11.3 Å². The highest BCUT2D eigenvalue weighted by molar-refractivity contribution is 7.26.